The molecule has 122 valence electrons. The van der Waals surface area contributed by atoms with Gasteiger partial charge in [0.15, 0.2) is 0 Å². The summed E-state index contributed by atoms with van der Waals surface area (Å²) in [6.07, 6.45) is 1.10. The first kappa shape index (κ1) is 16.8. The fourth-order valence-corrected chi connectivity index (χ4v) is 2.57. The van der Waals surface area contributed by atoms with Crippen LogP contribution >= 0.6 is 0 Å². The van der Waals surface area contributed by atoms with Gasteiger partial charge in [0.2, 0.25) is 10.0 Å². The zero-order chi connectivity index (χ0) is 17.0. The summed E-state index contributed by atoms with van der Waals surface area (Å²) in [5.74, 6) is 0.0655. The molecule has 0 aliphatic rings. The van der Waals surface area contributed by atoms with Gasteiger partial charge in [-0.05, 0) is 24.3 Å². The maximum Gasteiger partial charge on any atom is 0.259 e. The van der Waals surface area contributed by atoms with E-state index in [1.54, 1.807) is 48.5 Å². The zero-order valence-electron chi connectivity index (χ0n) is 13.1. The number of anilines is 2. The van der Waals surface area contributed by atoms with E-state index in [2.05, 4.69) is 5.32 Å². The Labute approximate surface area is 135 Å². The van der Waals surface area contributed by atoms with Crippen molar-refractivity contribution in [2.24, 2.45) is 0 Å². The van der Waals surface area contributed by atoms with Gasteiger partial charge in [0, 0.05) is 7.05 Å². The molecule has 0 radical (unpaired) electrons. The molecule has 1 N–H and O–H groups in total. The summed E-state index contributed by atoms with van der Waals surface area (Å²) in [7, 11) is -0.517. The standard InChI is InChI=1S/C16H18N2O4S/c1-18(23(3,20)21)14-10-6-5-9-13(14)17-16(19)12-8-4-7-11-15(12)22-2/h4-11H,1-3H3,(H,17,19). The lowest BCUT2D eigenvalue weighted by Crippen LogP contribution is -2.26. The third-order valence-corrected chi connectivity index (χ3v) is 4.53. The number of sulfonamides is 1. The van der Waals surface area contributed by atoms with Gasteiger partial charge in [-0.15, -0.1) is 0 Å². The molecule has 0 heterocycles. The summed E-state index contributed by atoms with van der Waals surface area (Å²) in [5.41, 5.74) is 1.15. The Hall–Kier alpha value is -2.54. The van der Waals surface area contributed by atoms with Crippen molar-refractivity contribution in [3.8, 4) is 5.75 Å². The summed E-state index contributed by atoms with van der Waals surface area (Å²) in [6.45, 7) is 0. The van der Waals surface area contributed by atoms with Crippen LogP contribution in [0.25, 0.3) is 0 Å². The lowest BCUT2D eigenvalue weighted by Gasteiger charge is -2.20. The van der Waals surface area contributed by atoms with Gasteiger partial charge in [-0.25, -0.2) is 8.42 Å². The molecule has 0 aromatic heterocycles. The molecule has 0 fully saturated rings. The predicted octanol–water partition coefficient (Wildman–Crippen LogP) is 2.34. The Morgan fingerprint density at radius 2 is 1.70 bits per heavy atom. The number of nitrogens with zero attached hydrogens (tertiary/aromatic N) is 1. The van der Waals surface area contributed by atoms with E-state index in [9.17, 15) is 13.2 Å². The van der Waals surface area contributed by atoms with Crippen molar-refractivity contribution in [3.63, 3.8) is 0 Å². The molecule has 2 rings (SSSR count). The minimum Gasteiger partial charge on any atom is -0.496 e. The van der Waals surface area contributed by atoms with Crippen LogP contribution in [0.2, 0.25) is 0 Å². The number of amides is 1. The summed E-state index contributed by atoms with van der Waals surface area (Å²) >= 11 is 0. The monoisotopic (exact) mass is 334 g/mol. The first-order chi connectivity index (χ1) is 10.8. The van der Waals surface area contributed by atoms with Gasteiger partial charge in [-0.2, -0.15) is 0 Å². The molecule has 0 saturated carbocycles. The molecule has 7 heteroatoms. The first-order valence-electron chi connectivity index (χ1n) is 6.82. The number of carbonyl (C=O) groups is 1. The van der Waals surface area contributed by atoms with Crippen LogP contribution in [-0.4, -0.2) is 34.7 Å². The minimum absolute atomic E-state index is 0.367. The van der Waals surface area contributed by atoms with Crippen LogP contribution in [0.3, 0.4) is 0 Å². The topological polar surface area (TPSA) is 75.7 Å². The van der Waals surface area contributed by atoms with E-state index in [1.807, 2.05) is 0 Å². The van der Waals surface area contributed by atoms with Crippen LogP contribution in [0, 0.1) is 0 Å². The van der Waals surface area contributed by atoms with Crippen LogP contribution in [0.1, 0.15) is 10.4 Å². The van der Waals surface area contributed by atoms with Crippen LogP contribution in [-0.2, 0) is 10.0 Å². The SMILES string of the molecule is COc1ccccc1C(=O)Nc1ccccc1N(C)S(C)(=O)=O. The highest BCUT2D eigenvalue weighted by Crippen LogP contribution is 2.27. The van der Waals surface area contributed by atoms with E-state index in [-0.39, 0.29) is 5.91 Å². The molecule has 2 aromatic rings. The Morgan fingerprint density at radius 3 is 2.35 bits per heavy atom. The maximum atomic E-state index is 12.5. The molecule has 0 spiro atoms. The lowest BCUT2D eigenvalue weighted by atomic mass is 10.1. The maximum absolute atomic E-state index is 12.5. The summed E-state index contributed by atoms with van der Waals surface area (Å²) in [4.78, 5) is 12.5. The number of benzene rings is 2. The minimum atomic E-state index is -3.43. The van der Waals surface area contributed by atoms with E-state index in [0.29, 0.717) is 22.7 Å². The third-order valence-electron chi connectivity index (χ3n) is 3.34. The van der Waals surface area contributed by atoms with Crippen molar-refractivity contribution in [3.05, 3.63) is 54.1 Å². The van der Waals surface area contributed by atoms with Crippen molar-refractivity contribution in [1.29, 1.82) is 0 Å². The number of methoxy groups -OCH3 is 1. The summed E-state index contributed by atoms with van der Waals surface area (Å²) in [6, 6.07) is 13.5. The molecule has 1 amide bonds. The summed E-state index contributed by atoms with van der Waals surface area (Å²) < 4.78 is 29.8. The number of carbonyl (C=O) groups excluding carboxylic acids is 1. The average Bonchev–Trinajstić information content (AvgIpc) is 2.53. The molecule has 6 nitrogen and oxygen atoms in total. The van der Waals surface area contributed by atoms with Crippen molar-refractivity contribution in [2.75, 3.05) is 30.0 Å². The van der Waals surface area contributed by atoms with E-state index in [1.165, 1.54) is 14.2 Å². The molecule has 23 heavy (non-hydrogen) atoms. The molecule has 0 atom stereocenters. The van der Waals surface area contributed by atoms with Gasteiger partial charge < -0.3 is 10.1 Å². The van der Waals surface area contributed by atoms with Crippen LogP contribution in [0.15, 0.2) is 48.5 Å². The Kier molecular flexibility index (Phi) is 4.90. The summed E-state index contributed by atoms with van der Waals surface area (Å²) in [5, 5.41) is 2.73. The van der Waals surface area contributed by atoms with Crippen LogP contribution in [0.5, 0.6) is 5.75 Å². The number of hydrogen-bond acceptors (Lipinski definition) is 4. The van der Waals surface area contributed by atoms with Crippen molar-refractivity contribution in [2.45, 2.75) is 0 Å². The fraction of sp³-hybridized carbons (Fsp3) is 0.188. The Balaban J connectivity index is 2.36. The lowest BCUT2D eigenvalue weighted by molar-refractivity contribution is 0.102. The smallest absolute Gasteiger partial charge is 0.259 e. The number of ether oxygens (including phenoxy) is 1. The second-order valence-electron chi connectivity index (χ2n) is 4.90. The van der Waals surface area contributed by atoms with E-state index < -0.39 is 10.0 Å². The second-order valence-corrected chi connectivity index (χ2v) is 6.92. The largest absolute Gasteiger partial charge is 0.496 e. The number of rotatable bonds is 5. The molecule has 0 aliphatic carbocycles. The van der Waals surface area contributed by atoms with Gasteiger partial charge >= 0.3 is 0 Å². The highest BCUT2D eigenvalue weighted by molar-refractivity contribution is 7.92. The molecular formula is C16H18N2O4S. The normalized spacial score (nSPS) is 10.9. The first-order valence-corrected chi connectivity index (χ1v) is 8.66. The Morgan fingerprint density at radius 1 is 1.09 bits per heavy atom. The number of hydrogen-bond donors (Lipinski definition) is 1. The van der Waals surface area contributed by atoms with Crippen molar-refractivity contribution < 1.29 is 17.9 Å². The predicted molar refractivity (Wildman–Crippen MR) is 90.6 cm³/mol. The van der Waals surface area contributed by atoms with Gasteiger partial charge in [-0.3, -0.25) is 9.10 Å². The highest BCUT2D eigenvalue weighted by Gasteiger charge is 2.18. The fourth-order valence-electron chi connectivity index (χ4n) is 2.05. The quantitative estimate of drug-likeness (QED) is 0.910. The van der Waals surface area contributed by atoms with Crippen LogP contribution in [0.4, 0.5) is 11.4 Å². The van der Waals surface area contributed by atoms with Gasteiger partial charge in [0.05, 0.1) is 30.3 Å². The molecule has 0 aliphatic heterocycles. The third kappa shape index (κ3) is 3.81. The van der Waals surface area contributed by atoms with Gasteiger partial charge in [0.25, 0.3) is 5.91 Å². The van der Waals surface area contributed by atoms with Gasteiger partial charge in [0.1, 0.15) is 5.75 Å². The number of nitrogens with one attached hydrogen (secondary N) is 1. The molecule has 0 saturated heterocycles. The highest BCUT2D eigenvalue weighted by atomic mass is 32.2. The zero-order valence-corrected chi connectivity index (χ0v) is 13.9. The van der Waals surface area contributed by atoms with Crippen molar-refractivity contribution >= 4 is 27.3 Å². The van der Waals surface area contributed by atoms with E-state index in [4.69, 9.17) is 4.74 Å². The van der Waals surface area contributed by atoms with Crippen LogP contribution < -0.4 is 14.4 Å². The van der Waals surface area contributed by atoms with Crippen molar-refractivity contribution in [1.82, 2.24) is 0 Å². The number of para-hydroxylation sites is 3. The molecule has 2 aromatic carbocycles. The molecular weight excluding hydrogens is 316 g/mol. The second kappa shape index (κ2) is 6.70. The molecule has 0 unspecified atom stereocenters. The van der Waals surface area contributed by atoms with E-state index >= 15 is 0 Å². The average molecular weight is 334 g/mol. The Bertz CT molecular complexity index is 818. The van der Waals surface area contributed by atoms with E-state index in [0.717, 1.165) is 10.6 Å². The molecule has 0 bridgehead atoms. The van der Waals surface area contributed by atoms with Gasteiger partial charge in [-0.1, -0.05) is 24.3 Å².